The number of thioether (sulfide) groups is 1. The van der Waals surface area contributed by atoms with Gasteiger partial charge in [0.05, 0.1) is 17.1 Å². The van der Waals surface area contributed by atoms with Crippen molar-refractivity contribution in [2.45, 2.75) is 12.7 Å². The molecule has 0 fully saturated rings. The van der Waals surface area contributed by atoms with E-state index in [0.29, 0.717) is 11.4 Å². The van der Waals surface area contributed by atoms with E-state index in [-0.39, 0.29) is 28.7 Å². The van der Waals surface area contributed by atoms with Crippen LogP contribution in [0.3, 0.4) is 0 Å². The molecule has 5 nitrogen and oxygen atoms in total. The van der Waals surface area contributed by atoms with E-state index >= 15 is 0 Å². The molecule has 2 aromatic carbocycles. The number of anilines is 1. The lowest BCUT2D eigenvalue weighted by molar-refractivity contribution is -0.113. The third-order valence-electron chi connectivity index (χ3n) is 4.23. The molecule has 0 bridgehead atoms. The number of halogens is 1. The van der Waals surface area contributed by atoms with Crippen molar-refractivity contribution in [2.75, 3.05) is 11.1 Å². The van der Waals surface area contributed by atoms with Gasteiger partial charge >= 0.3 is 0 Å². The van der Waals surface area contributed by atoms with Crippen molar-refractivity contribution in [3.8, 4) is 5.69 Å². The zero-order valence-corrected chi connectivity index (χ0v) is 15.9. The first-order valence-electron chi connectivity index (χ1n) is 8.43. The number of carbonyl (C=O) groups is 1. The number of hydrogen-bond donors (Lipinski definition) is 1. The van der Waals surface area contributed by atoms with E-state index in [1.807, 2.05) is 30.3 Å². The maximum atomic E-state index is 12.9. The van der Waals surface area contributed by atoms with E-state index in [0.717, 1.165) is 11.3 Å². The molecule has 1 amide bonds. The Morgan fingerprint density at radius 1 is 1.11 bits per heavy atom. The number of nitrogens with one attached hydrogen (secondary N) is 1. The highest BCUT2D eigenvalue weighted by molar-refractivity contribution is 7.99. The normalized spacial score (nSPS) is 10.8. The van der Waals surface area contributed by atoms with Crippen molar-refractivity contribution < 1.29 is 9.18 Å². The standard InChI is InChI=1S/C20H20FN3O2S/c1-14-19(20(26)24(23(14)2)17-6-4-3-5-7-17)22-18(25)13-27-12-15-8-10-16(21)11-9-15/h3-11H,12-13H2,1-2H3,(H,22,25). The summed E-state index contributed by atoms with van der Waals surface area (Å²) in [5.74, 6) is 0.274. The molecule has 1 N–H and O–H groups in total. The van der Waals surface area contributed by atoms with Crippen LogP contribution >= 0.6 is 11.8 Å². The molecule has 3 rings (SSSR count). The number of rotatable bonds is 6. The van der Waals surface area contributed by atoms with Crippen molar-refractivity contribution in [2.24, 2.45) is 7.05 Å². The molecule has 0 unspecified atom stereocenters. The van der Waals surface area contributed by atoms with Gasteiger partial charge in [0.25, 0.3) is 5.56 Å². The summed E-state index contributed by atoms with van der Waals surface area (Å²) < 4.78 is 16.2. The van der Waals surface area contributed by atoms with Crippen LogP contribution in [0.2, 0.25) is 0 Å². The molecule has 1 aromatic heterocycles. The lowest BCUT2D eigenvalue weighted by Crippen LogP contribution is -2.23. The molecule has 0 atom stereocenters. The lowest BCUT2D eigenvalue weighted by atomic mass is 10.2. The Morgan fingerprint density at radius 2 is 1.78 bits per heavy atom. The zero-order chi connectivity index (χ0) is 19.4. The van der Waals surface area contributed by atoms with Crippen LogP contribution in [-0.2, 0) is 17.6 Å². The Balaban J connectivity index is 1.67. The number of aromatic nitrogens is 2. The zero-order valence-electron chi connectivity index (χ0n) is 15.1. The molecule has 1 heterocycles. The summed E-state index contributed by atoms with van der Waals surface area (Å²) in [6.45, 7) is 1.79. The minimum Gasteiger partial charge on any atom is -0.319 e. The van der Waals surface area contributed by atoms with Crippen molar-refractivity contribution in [1.82, 2.24) is 9.36 Å². The van der Waals surface area contributed by atoms with Gasteiger partial charge in [-0.05, 0) is 36.8 Å². The lowest BCUT2D eigenvalue weighted by Gasteiger charge is -2.07. The molecule has 0 aliphatic heterocycles. The molecule has 140 valence electrons. The summed E-state index contributed by atoms with van der Waals surface area (Å²) in [7, 11) is 1.78. The molecule has 0 saturated carbocycles. The van der Waals surface area contributed by atoms with Crippen LogP contribution in [0, 0.1) is 12.7 Å². The second kappa shape index (κ2) is 8.26. The van der Waals surface area contributed by atoms with Gasteiger partial charge in [-0.2, -0.15) is 0 Å². The predicted molar refractivity (Wildman–Crippen MR) is 107 cm³/mol. The van der Waals surface area contributed by atoms with Gasteiger partial charge in [0.1, 0.15) is 11.5 Å². The molecule has 0 radical (unpaired) electrons. The van der Waals surface area contributed by atoms with Gasteiger partial charge in [-0.15, -0.1) is 11.8 Å². The molecular formula is C20H20FN3O2S. The molecule has 7 heteroatoms. The van der Waals surface area contributed by atoms with Crippen molar-refractivity contribution in [1.29, 1.82) is 0 Å². The Kier molecular flexibility index (Phi) is 5.81. The Labute approximate surface area is 160 Å². The average Bonchev–Trinajstić information content (AvgIpc) is 2.87. The summed E-state index contributed by atoms with van der Waals surface area (Å²) >= 11 is 1.41. The van der Waals surface area contributed by atoms with Gasteiger partial charge in [0, 0.05) is 12.8 Å². The monoisotopic (exact) mass is 385 g/mol. The maximum absolute atomic E-state index is 12.9. The molecule has 27 heavy (non-hydrogen) atoms. The van der Waals surface area contributed by atoms with E-state index < -0.39 is 0 Å². The smallest absolute Gasteiger partial charge is 0.295 e. The van der Waals surface area contributed by atoms with Crippen LogP contribution in [0.15, 0.2) is 59.4 Å². The number of para-hydroxylation sites is 1. The summed E-state index contributed by atoms with van der Waals surface area (Å²) in [4.78, 5) is 25.0. The fraction of sp³-hybridized carbons (Fsp3) is 0.200. The van der Waals surface area contributed by atoms with Crippen LogP contribution in [0.1, 0.15) is 11.3 Å². The Morgan fingerprint density at radius 3 is 2.44 bits per heavy atom. The Bertz CT molecular complexity index is 995. The van der Waals surface area contributed by atoms with Gasteiger partial charge < -0.3 is 5.32 Å². The highest BCUT2D eigenvalue weighted by Crippen LogP contribution is 2.16. The summed E-state index contributed by atoms with van der Waals surface area (Å²) in [6.07, 6.45) is 0. The first-order valence-corrected chi connectivity index (χ1v) is 9.59. The first-order chi connectivity index (χ1) is 13.0. The molecule has 0 aliphatic rings. The minimum absolute atomic E-state index is 0.205. The maximum Gasteiger partial charge on any atom is 0.295 e. The average molecular weight is 385 g/mol. The third kappa shape index (κ3) is 4.31. The number of benzene rings is 2. The van der Waals surface area contributed by atoms with E-state index in [2.05, 4.69) is 5.32 Å². The van der Waals surface area contributed by atoms with Crippen LogP contribution in [0.25, 0.3) is 5.69 Å². The highest BCUT2D eigenvalue weighted by atomic mass is 32.2. The van der Waals surface area contributed by atoms with E-state index in [9.17, 15) is 14.0 Å². The summed E-state index contributed by atoms with van der Waals surface area (Å²) in [6, 6.07) is 15.5. The molecule has 0 saturated heterocycles. The minimum atomic E-state index is -0.282. The third-order valence-corrected chi connectivity index (χ3v) is 5.24. The van der Waals surface area contributed by atoms with Crippen LogP contribution in [-0.4, -0.2) is 21.0 Å². The largest absolute Gasteiger partial charge is 0.319 e. The van der Waals surface area contributed by atoms with Gasteiger partial charge in [0.15, 0.2) is 0 Å². The van der Waals surface area contributed by atoms with Gasteiger partial charge in [-0.3, -0.25) is 14.3 Å². The van der Waals surface area contributed by atoms with Crippen LogP contribution in [0.4, 0.5) is 10.1 Å². The SMILES string of the molecule is Cc1c(NC(=O)CSCc2ccc(F)cc2)c(=O)n(-c2ccccc2)n1C. The van der Waals surface area contributed by atoms with Crippen molar-refractivity contribution in [3.63, 3.8) is 0 Å². The fourth-order valence-electron chi connectivity index (χ4n) is 2.73. The van der Waals surface area contributed by atoms with Gasteiger partial charge in [-0.1, -0.05) is 30.3 Å². The van der Waals surface area contributed by atoms with E-state index in [1.54, 1.807) is 30.8 Å². The van der Waals surface area contributed by atoms with E-state index in [1.165, 1.54) is 28.6 Å². The van der Waals surface area contributed by atoms with Crippen molar-refractivity contribution >= 4 is 23.4 Å². The molecule has 0 aliphatic carbocycles. The number of carbonyl (C=O) groups excluding carboxylic acids is 1. The highest BCUT2D eigenvalue weighted by Gasteiger charge is 2.17. The fourth-order valence-corrected chi connectivity index (χ4v) is 3.52. The van der Waals surface area contributed by atoms with Crippen LogP contribution < -0.4 is 10.9 Å². The van der Waals surface area contributed by atoms with Crippen LogP contribution in [0.5, 0.6) is 0 Å². The summed E-state index contributed by atoms with van der Waals surface area (Å²) in [5, 5.41) is 2.73. The number of amides is 1. The van der Waals surface area contributed by atoms with Crippen molar-refractivity contribution in [3.05, 3.63) is 82.0 Å². The molecule has 0 spiro atoms. The number of nitrogens with zero attached hydrogens (tertiary/aromatic N) is 2. The first kappa shape index (κ1) is 19.0. The summed E-state index contributed by atoms with van der Waals surface area (Å²) in [5.41, 5.74) is 2.38. The Hall–Kier alpha value is -2.80. The quantitative estimate of drug-likeness (QED) is 0.707. The molecular weight excluding hydrogens is 365 g/mol. The molecule has 3 aromatic rings. The predicted octanol–water partition coefficient (Wildman–Crippen LogP) is 3.50. The number of hydrogen-bond acceptors (Lipinski definition) is 3. The second-order valence-corrected chi connectivity index (χ2v) is 7.09. The topological polar surface area (TPSA) is 56.0 Å². The van der Waals surface area contributed by atoms with Gasteiger partial charge in [0.2, 0.25) is 5.91 Å². The van der Waals surface area contributed by atoms with E-state index in [4.69, 9.17) is 0 Å². The second-order valence-electron chi connectivity index (χ2n) is 6.10. The van der Waals surface area contributed by atoms with Gasteiger partial charge in [-0.25, -0.2) is 9.07 Å².